The van der Waals surface area contributed by atoms with Gasteiger partial charge in [-0.05, 0) is 0 Å². The fraction of sp³-hybridized carbons (Fsp3) is 0.706. The van der Waals surface area contributed by atoms with Crippen molar-refractivity contribution in [2.75, 3.05) is 0 Å². The van der Waals surface area contributed by atoms with E-state index in [4.69, 9.17) is 0 Å². The van der Waals surface area contributed by atoms with Gasteiger partial charge < -0.3 is 0 Å². The van der Waals surface area contributed by atoms with Crippen molar-refractivity contribution in [3.63, 3.8) is 0 Å². The number of H-pyrrole nitrogens is 1. The van der Waals surface area contributed by atoms with Gasteiger partial charge in [0.2, 0.25) is 0 Å². The summed E-state index contributed by atoms with van der Waals surface area (Å²) >= 11 is -2.29. The maximum absolute atomic E-state index is 4.62. The van der Waals surface area contributed by atoms with Crippen LogP contribution in [0.2, 0.25) is 13.3 Å². The van der Waals surface area contributed by atoms with Crippen LogP contribution in [0.3, 0.4) is 0 Å². The molecule has 0 aliphatic rings. The first kappa shape index (κ1) is 19.0. The first-order valence-electron chi connectivity index (χ1n) is 9.07. The van der Waals surface area contributed by atoms with Crippen LogP contribution in [0.15, 0.2) is 17.7 Å². The Balaban J connectivity index is 2.27. The van der Waals surface area contributed by atoms with E-state index in [-0.39, 0.29) is 0 Å². The Morgan fingerprint density at radius 2 is 1.52 bits per heavy atom. The van der Waals surface area contributed by atoms with Crippen molar-refractivity contribution in [1.82, 2.24) is 19.9 Å². The molecule has 0 saturated carbocycles. The Morgan fingerprint density at radius 1 is 0.913 bits per heavy atom. The molecule has 0 aliphatic carbocycles. The first-order valence-corrected chi connectivity index (χ1v) is 19.4. The molecule has 0 unspecified atom stereocenters. The predicted molar refractivity (Wildman–Crippen MR) is 102 cm³/mol. The van der Waals surface area contributed by atoms with E-state index in [1.54, 1.807) is 12.7 Å². The Bertz CT molecular complexity index is 565. The van der Waals surface area contributed by atoms with Crippen LogP contribution in [-0.2, 0) is 0 Å². The van der Waals surface area contributed by atoms with E-state index in [1.165, 1.54) is 51.8 Å². The van der Waals surface area contributed by atoms with E-state index in [0.717, 1.165) is 16.2 Å². The zero-order valence-electron chi connectivity index (χ0n) is 14.8. The van der Waals surface area contributed by atoms with Crippen LogP contribution in [0.25, 0.3) is 11.2 Å². The van der Waals surface area contributed by atoms with Gasteiger partial charge in [-0.2, -0.15) is 0 Å². The molecule has 0 amide bonds. The first-order chi connectivity index (χ1) is 11.2. The average molecular weight is 441 g/mol. The molecule has 2 aromatic heterocycles. The molecule has 6 heteroatoms. The molecule has 0 radical (unpaired) electrons. The van der Waals surface area contributed by atoms with Crippen LogP contribution < -0.4 is 0 Å². The van der Waals surface area contributed by atoms with Crippen molar-refractivity contribution in [3.8, 4) is 0 Å². The van der Waals surface area contributed by atoms with Gasteiger partial charge in [0.05, 0.1) is 0 Å². The second-order valence-electron chi connectivity index (χ2n) is 6.38. The van der Waals surface area contributed by atoms with Crippen LogP contribution in [-0.4, -0.2) is 36.9 Å². The van der Waals surface area contributed by atoms with Gasteiger partial charge in [0.15, 0.2) is 0 Å². The Morgan fingerprint density at radius 3 is 2.09 bits per heavy atom. The molecule has 2 heterocycles. The van der Waals surface area contributed by atoms with Crippen molar-refractivity contribution in [1.29, 1.82) is 0 Å². The Labute approximate surface area is 147 Å². The molecule has 0 aliphatic heterocycles. The monoisotopic (exact) mass is 442 g/mol. The van der Waals surface area contributed by atoms with Crippen LogP contribution in [0.4, 0.5) is 0 Å². The number of imidazole rings is 1. The molecule has 1 N–H and O–H groups in total. The molecule has 2 aromatic rings. The molecule has 0 fully saturated rings. The van der Waals surface area contributed by atoms with Crippen molar-refractivity contribution >= 4 is 37.1 Å². The van der Waals surface area contributed by atoms with E-state index in [9.17, 15) is 0 Å². The molecular formula is C17H30N4SSn. The molecule has 0 saturated heterocycles. The quantitative estimate of drug-likeness (QED) is 0.354. The minimum atomic E-state index is -2.29. The van der Waals surface area contributed by atoms with Gasteiger partial charge in [-0.25, -0.2) is 0 Å². The number of nitrogens with one attached hydrogen (secondary N) is 1. The fourth-order valence-corrected chi connectivity index (χ4v) is 25.2. The SMILES string of the molecule is CCC[CH2][Sn]([CH2]CCC)([CH2]CCC)[S]c1ncnc2nc[nH]c12. The number of aromatic amines is 1. The third-order valence-electron chi connectivity index (χ3n) is 4.46. The van der Waals surface area contributed by atoms with Crippen molar-refractivity contribution in [2.45, 2.75) is 77.6 Å². The molecular weight excluding hydrogens is 411 g/mol. The summed E-state index contributed by atoms with van der Waals surface area (Å²) in [7, 11) is 2.18. The third kappa shape index (κ3) is 5.34. The summed E-state index contributed by atoms with van der Waals surface area (Å²) in [4.78, 5) is 16.5. The average Bonchev–Trinajstić information content (AvgIpc) is 3.06. The second-order valence-corrected chi connectivity index (χ2v) is 25.6. The molecule has 0 spiro atoms. The van der Waals surface area contributed by atoms with Crippen LogP contribution in [0.1, 0.15) is 59.3 Å². The zero-order chi connectivity index (χ0) is 16.5. The Hall–Kier alpha value is -0.301. The third-order valence-corrected chi connectivity index (χ3v) is 25.7. The van der Waals surface area contributed by atoms with Gasteiger partial charge in [0.25, 0.3) is 0 Å². The summed E-state index contributed by atoms with van der Waals surface area (Å²) in [5.41, 5.74) is 1.85. The van der Waals surface area contributed by atoms with Crippen LogP contribution in [0, 0.1) is 0 Å². The van der Waals surface area contributed by atoms with E-state index >= 15 is 0 Å². The van der Waals surface area contributed by atoms with Gasteiger partial charge >= 0.3 is 147 Å². The number of hydrogen-bond donors (Lipinski definition) is 1. The summed E-state index contributed by atoms with van der Waals surface area (Å²) in [5, 5.41) is 1.16. The van der Waals surface area contributed by atoms with Gasteiger partial charge in [-0.15, -0.1) is 0 Å². The normalized spacial score (nSPS) is 12.1. The molecule has 0 aromatic carbocycles. The second kappa shape index (κ2) is 9.86. The molecule has 0 bridgehead atoms. The van der Waals surface area contributed by atoms with Gasteiger partial charge in [-0.1, -0.05) is 0 Å². The molecule has 4 nitrogen and oxygen atoms in total. The molecule has 2 rings (SSSR count). The molecule has 128 valence electrons. The van der Waals surface area contributed by atoms with Crippen LogP contribution >= 0.6 is 8.95 Å². The fourth-order valence-electron chi connectivity index (χ4n) is 3.05. The topological polar surface area (TPSA) is 54.5 Å². The number of fused-ring (bicyclic) bond motifs is 1. The predicted octanol–water partition coefficient (Wildman–Crippen LogP) is 5.79. The van der Waals surface area contributed by atoms with E-state index < -0.39 is 17.0 Å². The van der Waals surface area contributed by atoms with Crippen LogP contribution in [0.5, 0.6) is 0 Å². The summed E-state index contributed by atoms with van der Waals surface area (Å²) in [5.74, 6) is 0. The maximum atomic E-state index is 4.62. The number of nitrogens with zero attached hydrogens (tertiary/aromatic N) is 3. The number of hydrogen-bond acceptors (Lipinski definition) is 4. The number of rotatable bonds is 11. The standard InChI is InChI=1S/C5H4N4S.3C4H9.Sn/c10-5-3-4(7-1-6-3)8-2-9-5;3*1-3-4-2;/h1-2H,(H2,6,7,8,9,10);3*1,3-4H2,2H3;/q;;;;+1/p-1. The summed E-state index contributed by atoms with van der Waals surface area (Å²) in [6.07, 6.45) is 11.5. The van der Waals surface area contributed by atoms with Crippen molar-refractivity contribution in [3.05, 3.63) is 12.7 Å². The molecule has 23 heavy (non-hydrogen) atoms. The van der Waals surface area contributed by atoms with Gasteiger partial charge in [-0.3, -0.25) is 0 Å². The minimum absolute atomic E-state index is 0.809. The zero-order valence-corrected chi connectivity index (χ0v) is 18.4. The van der Waals surface area contributed by atoms with E-state index in [0.29, 0.717) is 0 Å². The molecule has 0 atom stereocenters. The summed E-state index contributed by atoms with van der Waals surface area (Å²) in [6, 6.07) is 0. The summed E-state index contributed by atoms with van der Waals surface area (Å²) in [6.45, 7) is 6.95. The van der Waals surface area contributed by atoms with Crippen molar-refractivity contribution < 1.29 is 0 Å². The van der Waals surface area contributed by atoms with Crippen molar-refractivity contribution in [2.24, 2.45) is 0 Å². The van der Waals surface area contributed by atoms with E-state index in [1.807, 2.05) is 0 Å². The van der Waals surface area contributed by atoms with Gasteiger partial charge in [0.1, 0.15) is 0 Å². The van der Waals surface area contributed by atoms with E-state index in [2.05, 4.69) is 49.7 Å². The number of unbranched alkanes of at least 4 members (excludes halogenated alkanes) is 3. The Kier molecular flexibility index (Phi) is 8.16. The van der Waals surface area contributed by atoms with Gasteiger partial charge in [0, 0.05) is 0 Å². The summed E-state index contributed by atoms with van der Waals surface area (Å²) < 4.78 is 4.44. The number of aromatic nitrogens is 4.